The predicted molar refractivity (Wildman–Crippen MR) is 65.9 cm³/mol. The van der Waals surface area contributed by atoms with Crippen LogP contribution in [0.3, 0.4) is 0 Å². The van der Waals surface area contributed by atoms with E-state index in [1.807, 2.05) is 0 Å². The van der Waals surface area contributed by atoms with E-state index in [0.29, 0.717) is 11.6 Å². The number of rotatable bonds is 2. The number of halogens is 4. The molecule has 0 aromatic heterocycles. The molecule has 0 saturated carbocycles. The molecule has 2 rings (SSSR count). The summed E-state index contributed by atoms with van der Waals surface area (Å²) in [5.74, 6) is -3.56. The number of hydrogen-bond acceptors (Lipinski definition) is 1. The fraction of sp³-hybridized carbons (Fsp3) is 0.0714. The van der Waals surface area contributed by atoms with Gasteiger partial charge in [0.2, 0.25) is 0 Å². The topological polar surface area (TPSA) is 17.1 Å². The molecule has 1 nitrogen and oxygen atoms in total. The molecule has 19 heavy (non-hydrogen) atoms. The zero-order valence-corrected chi connectivity index (χ0v) is 10.6. The van der Waals surface area contributed by atoms with Crippen LogP contribution in [-0.2, 0) is 0 Å². The molecule has 2 aromatic carbocycles. The number of carbonyl (C=O) groups excluding carboxylic acids is 1. The van der Waals surface area contributed by atoms with E-state index in [0.717, 1.165) is 12.1 Å². The third kappa shape index (κ3) is 2.63. The molecule has 0 bridgehead atoms. The Morgan fingerprint density at radius 3 is 2.32 bits per heavy atom. The Hall–Kier alpha value is -1.81. The van der Waals surface area contributed by atoms with Crippen molar-refractivity contribution in [3.05, 3.63) is 69.5 Å². The number of benzene rings is 2. The predicted octanol–water partition coefficient (Wildman–Crippen LogP) is 4.30. The number of carbonyl (C=O) groups is 1. The lowest BCUT2D eigenvalue weighted by Crippen LogP contribution is -2.06. The smallest absolute Gasteiger partial charge is 0.195 e. The van der Waals surface area contributed by atoms with Crippen molar-refractivity contribution in [2.45, 2.75) is 6.92 Å². The highest BCUT2D eigenvalue weighted by atomic mass is 35.5. The quantitative estimate of drug-likeness (QED) is 0.594. The summed E-state index contributed by atoms with van der Waals surface area (Å²) in [5, 5.41) is -0.215. The van der Waals surface area contributed by atoms with E-state index in [1.54, 1.807) is 6.92 Å². The summed E-state index contributed by atoms with van der Waals surface area (Å²) >= 11 is 5.72. The van der Waals surface area contributed by atoms with Gasteiger partial charge >= 0.3 is 0 Å². The van der Waals surface area contributed by atoms with Crippen molar-refractivity contribution >= 4 is 17.4 Å². The molecule has 0 radical (unpaired) electrons. The van der Waals surface area contributed by atoms with E-state index >= 15 is 0 Å². The van der Waals surface area contributed by atoms with Gasteiger partial charge in [-0.1, -0.05) is 17.7 Å². The number of ketones is 1. The second-order valence-electron chi connectivity index (χ2n) is 4.03. The molecule has 0 unspecified atom stereocenters. The first-order chi connectivity index (χ1) is 8.90. The Kier molecular flexibility index (Phi) is 3.62. The molecule has 2 aromatic rings. The van der Waals surface area contributed by atoms with Crippen molar-refractivity contribution in [2.24, 2.45) is 0 Å². The van der Waals surface area contributed by atoms with Gasteiger partial charge < -0.3 is 0 Å². The van der Waals surface area contributed by atoms with E-state index in [-0.39, 0.29) is 16.1 Å². The van der Waals surface area contributed by atoms with E-state index < -0.39 is 23.2 Å². The molecule has 0 heterocycles. The summed E-state index contributed by atoms with van der Waals surface area (Å²) in [5.41, 5.74) is 0.384. The normalized spacial score (nSPS) is 10.6. The van der Waals surface area contributed by atoms with Crippen LogP contribution in [0.4, 0.5) is 13.2 Å². The van der Waals surface area contributed by atoms with Crippen LogP contribution in [-0.4, -0.2) is 5.78 Å². The highest BCUT2D eigenvalue weighted by Gasteiger charge is 2.18. The van der Waals surface area contributed by atoms with Crippen LogP contribution >= 0.6 is 11.6 Å². The first-order valence-corrected chi connectivity index (χ1v) is 5.73. The maximum Gasteiger partial charge on any atom is 0.195 e. The lowest BCUT2D eigenvalue weighted by Gasteiger charge is -2.07. The van der Waals surface area contributed by atoms with Crippen LogP contribution in [0.15, 0.2) is 30.3 Å². The molecule has 0 atom stereocenters. The van der Waals surface area contributed by atoms with Crippen molar-refractivity contribution in [3.63, 3.8) is 0 Å². The van der Waals surface area contributed by atoms with Crippen LogP contribution in [0.2, 0.25) is 5.02 Å². The van der Waals surface area contributed by atoms with Crippen molar-refractivity contribution in [2.75, 3.05) is 0 Å². The lowest BCUT2D eigenvalue weighted by atomic mass is 9.99. The van der Waals surface area contributed by atoms with Gasteiger partial charge in [-0.25, -0.2) is 13.2 Å². The molecule has 0 fully saturated rings. The third-order valence-electron chi connectivity index (χ3n) is 2.70. The van der Waals surface area contributed by atoms with Gasteiger partial charge in [-0.3, -0.25) is 4.79 Å². The minimum atomic E-state index is -1.18. The Balaban J connectivity index is 2.56. The molecule has 0 aliphatic carbocycles. The number of hydrogen-bond donors (Lipinski definition) is 0. The van der Waals surface area contributed by atoms with Crippen molar-refractivity contribution in [1.29, 1.82) is 0 Å². The summed E-state index contributed by atoms with van der Waals surface area (Å²) in [6, 6.07) is 5.10. The molecule has 0 amide bonds. The SMILES string of the molecule is Cc1ccc(F)cc1C(=O)c1cc(F)c(F)cc1Cl. The van der Waals surface area contributed by atoms with Crippen LogP contribution in [0.25, 0.3) is 0 Å². The molecule has 0 spiro atoms. The van der Waals surface area contributed by atoms with Crippen LogP contribution in [0.5, 0.6) is 0 Å². The van der Waals surface area contributed by atoms with Crippen molar-refractivity contribution in [3.8, 4) is 0 Å². The first kappa shape index (κ1) is 13.6. The summed E-state index contributed by atoms with van der Waals surface area (Å²) in [6.07, 6.45) is 0. The van der Waals surface area contributed by atoms with Gasteiger partial charge in [-0.15, -0.1) is 0 Å². The van der Waals surface area contributed by atoms with Crippen molar-refractivity contribution in [1.82, 2.24) is 0 Å². The molecular formula is C14H8ClF3O. The van der Waals surface area contributed by atoms with Gasteiger partial charge in [-0.2, -0.15) is 0 Å². The third-order valence-corrected chi connectivity index (χ3v) is 3.01. The highest BCUT2D eigenvalue weighted by Crippen LogP contribution is 2.24. The van der Waals surface area contributed by atoms with E-state index in [2.05, 4.69) is 0 Å². The van der Waals surface area contributed by atoms with E-state index in [4.69, 9.17) is 11.6 Å². The average Bonchev–Trinajstić information content (AvgIpc) is 2.36. The van der Waals surface area contributed by atoms with E-state index in [9.17, 15) is 18.0 Å². The maximum atomic E-state index is 13.2. The molecule has 0 N–H and O–H groups in total. The Morgan fingerprint density at radius 1 is 1.00 bits per heavy atom. The average molecular weight is 285 g/mol. The summed E-state index contributed by atoms with van der Waals surface area (Å²) in [4.78, 5) is 12.2. The van der Waals surface area contributed by atoms with Gasteiger partial charge in [0.15, 0.2) is 17.4 Å². The van der Waals surface area contributed by atoms with Gasteiger partial charge in [0.1, 0.15) is 5.82 Å². The van der Waals surface area contributed by atoms with Gasteiger partial charge in [0.25, 0.3) is 0 Å². The highest BCUT2D eigenvalue weighted by molar-refractivity contribution is 6.35. The fourth-order valence-corrected chi connectivity index (χ4v) is 1.92. The molecule has 0 aliphatic rings. The van der Waals surface area contributed by atoms with Crippen LogP contribution < -0.4 is 0 Å². The zero-order chi connectivity index (χ0) is 14.2. The Labute approximate surface area is 112 Å². The second-order valence-corrected chi connectivity index (χ2v) is 4.44. The van der Waals surface area contributed by atoms with Crippen LogP contribution in [0.1, 0.15) is 21.5 Å². The minimum absolute atomic E-state index is 0.0629. The molecule has 98 valence electrons. The Bertz CT molecular complexity index is 668. The molecule has 0 aliphatic heterocycles. The standard InChI is InChI=1S/C14H8ClF3O/c1-7-2-3-8(16)4-9(7)14(19)10-5-12(17)13(18)6-11(10)15/h2-6H,1H3. The summed E-state index contributed by atoms with van der Waals surface area (Å²) in [6.45, 7) is 1.61. The Morgan fingerprint density at radius 2 is 1.63 bits per heavy atom. The molecular weight excluding hydrogens is 277 g/mol. The van der Waals surface area contributed by atoms with Crippen molar-refractivity contribution < 1.29 is 18.0 Å². The summed E-state index contributed by atoms with van der Waals surface area (Å²) in [7, 11) is 0. The maximum absolute atomic E-state index is 13.2. The molecule has 0 saturated heterocycles. The second kappa shape index (κ2) is 5.05. The number of aryl methyl sites for hydroxylation is 1. The van der Waals surface area contributed by atoms with Crippen LogP contribution in [0, 0.1) is 24.4 Å². The largest absolute Gasteiger partial charge is 0.289 e. The van der Waals surface area contributed by atoms with E-state index in [1.165, 1.54) is 12.1 Å². The minimum Gasteiger partial charge on any atom is -0.289 e. The van der Waals surface area contributed by atoms with Gasteiger partial charge in [-0.05, 0) is 36.8 Å². The summed E-state index contributed by atoms with van der Waals surface area (Å²) < 4.78 is 39.2. The first-order valence-electron chi connectivity index (χ1n) is 5.35. The monoisotopic (exact) mass is 284 g/mol. The van der Waals surface area contributed by atoms with Gasteiger partial charge in [0.05, 0.1) is 5.02 Å². The lowest BCUT2D eigenvalue weighted by molar-refractivity contribution is 0.103. The zero-order valence-electron chi connectivity index (χ0n) is 9.81. The molecule has 5 heteroatoms. The fourth-order valence-electron chi connectivity index (χ4n) is 1.68. The van der Waals surface area contributed by atoms with Gasteiger partial charge in [0, 0.05) is 11.1 Å².